The fraction of sp³-hybridized carbons (Fsp3) is 0.615. The maximum Gasteiger partial charge on any atom is 0.354 e. The van der Waals surface area contributed by atoms with E-state index in [0.717, 1.165) is 5.56 Å². The van der Waals surface area contributed by atoms with Crippen LogP contribution >= 0.6 is 0 Å². The van der Waals surface area contributed by atoms with Crippen LogP contribution in [-0.2, 0) is 20.9 Å². The van der Waals surface area contributed by atoms with Crippen LogP contribution in [0, 0.1) is 6.92 Å². The van der Waals surface area contributed by atoms with Crippen LogP contribution in [0.4, 0.5) is 0 Å². The fourth-order valence-electron chi connectivity index (χ4n) is 1.18. The van der Waals surface area contributed by atoms with Crippen molar-refractivity contribution in [3.8, 4) is 0 Å². The van der Waals surface area contributed by atoms with Crippen LogP contribution < -0.4 is 0 Å². The lowest BCUT2D eigenvalue weighted by Crippen LogP contribution is -2.10. The second-order valence-electron chi connectivity index (χ2n) is 3.19. The van der Waals surface area contributed by atoms with Crippen molar-refractivity contribution < 1.29 is 19.0 Å². The first-order chi connectivity index (χ1) is 8.60. The molecule has 0 spiro atoms. The largest absolute Gasteiger partial charge is 0.464 e. The smallest absolute Gasteiger partial charge is 0.354 e. The van der Waals surface area contributed by atoms with Gasteiger partial charge in [-0.05, 0) is 18.6 Å². The van der Waals surface area contributed by atoms with E-state index in [0.29, 0.717) is 12.4 Å². The molecule has 0 unspecified atom stereocenters. The predicted molar refractivity (Wildman–Crippen MR) is 71.8 cm³/mol. The number of carbonyl (C=O) groups is 1. The molecule has 0 atom stereocenters. The lowest BCUT2D eigenvalue weighted by Gasteiger charge is -2.04. The van der Waals surface area contributed by atoms with E-state index in [1.165, 1.54) is 7.11 Å². The van der Waals surface area contributed by atoms with Crippen molar-refractivity contribution in [3.05, 3.63) is 23.5 Å². The number of hydrogen-bond donors (Lipinski definition) is 0. The van der Waals surface area contributed by atoms with Crippen LogP contribution in [0.3, 0.4) is 0 Å². The molecule has 0 aromatic carbocycles. The van der Waals surface area contributed by atoms with E-state index >= 15 is 0 Å². The molecule has 0 saturated carbocycles. The summed E-state index contributed by atoms with van der Waals surface area (Å²) in [5.41, 5.74) is 1.53. The van der Waals surface area contributed by atoms with Gasteiger partial charge in [0, 0.05) is 27.5 Å². The molecule has 0 bridgehead atoms. The maximum absolute atomic E-state index is 11.2. The first kappa shape index (κ1) is 19.0. The summed E-state index contributed by atoms with van der Waals surface area (Å²) >= 11 is 0. The SMILES string of the molecule is CC.COC.COCn1cc(C)cc1C(=O)OC. The molecule has 106 valence electrons. The first-order valence-electron chi connectivity index (χ1n) is 5.74. The fourth-order valence-corrected chi connectivity index (χ4v) is 1.18. The quantitative estimate of drug-likeness (QED) is 0.782. The molecule has 0 N–H and O–H groups in total. The first-order valence-corrected chi connectivity index (χ1v) is 5.74. The van der Waals surface area contributed by atoms with Gasteiger partial charge in [-0.3, -0.25) is 0 Å². The summed E-state index contributed by atoms with van der Waals surface area (Å²) in [5.74, 6) is -0.342. The zero-order chi connectivity index (χ0) is 14.6. The van der Waals surface area contributed by atoms with E-state index < -0.39 is 0 Å². The van der Waals surface area contributed by atoms with Crippen molar-refractivity contribution in [1.82, 2.24) is 4.57 Å². The molecule has 0 fully saturated rings. The Kier molecular flexibility index (Phi) is 12.8. The minimum Gasteiger partial charge on any atom is -0.464 e. The van der Waals surface area contributed by atoms with Crippen molar-refractivity contribution in [2.75, 3.05) is 28.4 Å². The summed E-state index contributed by atoms with van der Waals surface area (Å²) in [6.07, 6.45) is 1.84. The van der Waals surface area contributed by atoms with Crippen LogP contribution in [0.25, 0.3) is 0 Å². The third-order valence-electron chi connectivity index (χ3n) is 1.70. The highest BCUT2D eigenvalue weighted by Gasteiger charge is 2.11. The molecule has 0 radical (unpaired) electrons. The number of carbonyl (C=O) groups excluding carboxylic acids is 1. The van der Waals surface area contributed by atoms with Gasteiger partial charge in [0.2, 0.25) is 0 Å². The van der Waals surface area contributed by atoms with Gasteiger partial charge >= 0.3 is 5.97 Å². The standard InChI is InChI=1S/C9H13NO3.C2H6O.C2H6/c1-7-4-8(9(11)13-3)10(5-7)6-12-2;1-3-2;1-2/h4-5H,6H2,1-3H3;1-2H3;1-2H3. The van der Waals surface area contributed by atoms with Crippen LogP contribution in [0.2, 0.25) is 0 Å². The Labute approximate surface area is 110 Å². The number of methoxy groups -OCH3 is 3. The maximum atomic E-state index is 11.2. The van der Waals surface area contributed by atoms with Gasteiger partial charge in [-0.15, -0.1) is 0 Å². The predicted octanol–water partition coefficient (Wildman–Crippen LogP) is 2.48. The van der Waals surface area contributed by atoms with Gasteiger partial charge in [-0.25, -0.2) is 4.79 Å². The Bertz CT molecular complexity index is 321. The van der Waals surface area contributed by atoms with Gasteiger partial charge in [0.1, 0.15) is 12.4 Å². The molecule has 18 heavy (non-hydrogen) atoms. The Morgan fingerprint density at radius 3 is 2.11 bits per heavy atom. The highest BCUT2D eigenvalue weighted by atomic mass is 16.5. The van der Waals surface area contributed by atoms with E-state index in [-0.39, 0.29) is 5.97 Å². The Hall–Kier alpha value is -1.33. The lowest BCUT2D eigenvalue weighted by atomic mass is 10.3. The van der Waals surface area contributed by atoms with Crippen molar-refractivity contribution >= 4 is 5.97 Å². The van der Waals surface area contributed by atoms with Gasteiger partial charge in [0.25, 0.3) is 0 Å². The van der Waals surface area contributed by atoms with E-state index in [4.69, 9.17) is 4.74 Å². The molecule has 0 saturated heterocycles. The van der Waals surface area contributed by atoms with Crippen LogP contribution in [0.5, 0.6) is 0 Å². The zero-order valence-electron chi connectivity index (χ0n) is 12.4. The van der Waals surface area contributed by atoms with Gasteiger partial charge in [-0.2, -0.15) is 0 Å². The number of aromatic nitrogens is 1. The molecule has 0 aliphatic rings. The van der Waals surface area contributed by atoms with Crippen LogP contribution in [0.15, 0.2) is 12.3 Å². The van der Waals surface area contributed by atoms with Crippen molar-refractivity contribution in [1.29, 1.82) is 0 Å². The molecule has 1 heterocycles. The summed E-state index contributed by atoms with van der Waals surface area (Å²) in [6.45, 7) is 6.27. The highest BCUT2D eigenvalue weighted by molar-refractivity contribution is 5.87. The molecule has 1 aromatic rings. The summed E-state index contributed by atoms with van der Waals surface area (Å²) in [5, 5.41) is 0. The van der Waals surface area contributed by atoms with Gasteiger partial charge < -0.3 is 18.8 Å². The normalized spacial score (nSPS) is 8.61. The van der Waals surface area contributed by atoms with E-state index in [1.807, 2.05) is 27.0 Å². The topological polar surface area (TPSA) is 49.7 Å². The molecule has 5 heteroatoms. The second-order valence-corrected chi connectivity index (χ2v) is 3.19. The lowest BCUT2D eigenvalue weighted by molar-refractivity contribution is 0.0567. The number of hydrogen-bond acceptors (Lipinski definition) is 4. The monoisotopic (exact) mass is 259 g/mol. The number of esters is 1. The van der Waals surface area contributed by atoms with Crippen molar-refractivity contribution in [3.63, 3.8) is 0 Å². The number of ether oxygens (including phenoxy) is 3. The molecular formula is C13H25NO4. The third-order valence-corrected chi connectivity index (χ3v) is 1.70. The second kappa shape index (κ2) is 12.1. The minimum absolute atomic E-state index is 0.342. The number of rotatable bonds is 3. The molecular weight excluding hydrogens is 234 g/mol. The van der Waals surface area contributed by atoms with Crippen LogP contribution in [-0.4, -0.2) is 39.0 Å². The molecule has 5 nitrogen and oxygen atoms in total. The van der Waals surface area contributed by atoms with Crippen molar-refractivity contribution in [2.24, 2.45) is 0 Å². The van der Waals surface area contributed by atoms with Gasteiger partial charge in [-0.1, -0.05) is 13.8 Å². The summed E-state index contributed by atoms with van der Waals surface area (Å²) in [7, 11) is 6.19. The minimum atomic E-state index is -0.342. The summed E-state index contributed by atoms with van der Waals surface area (Å²) in [6, 6.07) is 1.77. The number of nitrogens with zero attached hydrogens (tertiary/aromatic N) is 1. The highest BCUT2D eigenvalue weighted by Crippen LogP contribution is 2.08. The molecule has 0 amide bonds. The van der Waals surface area contributed by atoms with E-state index in [9.17, 15) is 4.79 Å². The van der Waals surface area contributed by atoms with E-state index in [2.05, 4.69) is 9.47 Å². The molecule has 0 aliphatic heterocycles. The number of aryl methyl sites for hydroxylation is 1. The van der Waals surface area contributed by atoms with Crippen LogP contribution in [0.1, 0.15) is 29.9 Å². The van der Waals surface area contributed by atoms with Gasteiger partial charge in [0.15, 0.2) is 0 Å². The average molecular weight is 259 g/mol. The van der Waals surface area contributed by atoms with E-state index in [1.54, 1.807) is 32.0 Å². The Morgan fingerprint density at radius 2 is 1.72 bits per heavy atom. The Morgan fingerprint density at radius 1 is 1.22 bits per heavy atom. The van der Waals surface area contributed by atoms with Gasteiger partial charge in [0.05, 0.1) is 7.11 Å². The molecule has 1 aromatic heterocycles. The Balaban J connectivity index is 0. The summed E-state index contributed by atoms with van der Waals surface area (Å²) in [4.78, 5) is 11.2. The molecule has 1 rings (SSSR count). The molecule has 0 aliphatic carbocycles. The average Bonchev–Trinajstić information content (AvgIpc) is 2.73. The third kappa shape index (κ3) is 7.09. The van der Waals surface area contributed by atoms with Crippen molar-refractivity contribution in [2.45, 2.75) is 27.5 Å². The zero-order valence-corrected chi connectivity index (χ0v) is 12.4. The summed E-state index contributed by atoms with van der Waals surface area (Å²) < 4.78 is 15.5.